The van der Waals surface area contributed by atoms with Gasteiger partial charge in [0.2, 0.25) is 11.7 Å². The van der Waals surface area contributed by atoms with Gasteiger partial charge < -0.3 is 4.52 Å². The van der Waals surface area contributed by atoms with Gasteiger partial charge in [0, 0.05) is 23.1 Å². The van der Waals surface area contributed by atoms with Crippen LogP contribution in [0.3, 0.4) is 0 Å². The minimum atomic E-state index is -3.58. The van der Waals surface area contributed by atoms with Crippen LogP contribution in [0.5, 0.6) is 0 Å². The average Bonchev–Trinajstić information content (AvgIpc) is 3.08. The van der Waals surface area contributed by atoms with E-state index in [1.54, 1.807) is 43.3 Å². The van der Waals surface area contributed by atoms with E-state index in [9.17, 15) is 8.42 Å². The minimum absolute atomic E-state index is 0.283. The predicted octanol–water partition coefficient (Wildman–Crippen LogP) is 3.22. The Hall–Kier alpha value is -2.19. The van der Waals surface area contributed by atoms with Crippen LogP contribution in [0.2, 0.25) is 0 Å². The van der Waals surface area contributed by atoms with Gasteiger partial charge in [-0.1, -0.05) is 17.3 Å². The van der Waals surface area contributed by atoms with E-state index in [0.29, 0.717) is 23.0 Å². The molecule has 0 atom stereocenters. The average molecular weight is 335 g/mol. The molecule has 3 rings (SSSR count). The van der Waals surface area contributed by atoms with Crippen LogP contribution in [-0.2, 0) is 10.0 Å². The first-order valence-corrected chi connectivity index (χ1v) is 8.74. The summed E-state index contributed by atoms with van der Waals surface area (Å²) >= 11 is 1.23. The lowest BCUT2D eigenvalue weighted by Gasteiger charge is -2.07. The summed E-state index contributed by atoms with van der Waals surface area (Å²) in [5.74, 6) is 0.876. The normalized spacial score (nSPS) is 11.5. The van der Waals surface area contributed by atoms with Gasteiger partial charge in [-0.25, -0.2) is 8.42 Å². The Balaban J connectivity index is 1.90. The van der Waals surface area contributed by atoms with Crippen molar-refractivity contribution >= 4 is 27.0 Å². The summed E-state index contributed by atoms with van der Waals surface area (Å²) in [6.07, 6.45) is 0. The Morgan fingerprint density at radius 1 is 1.18 bits per heavy atom. The van der Waals surface area contributed by atoms with E-state index in [0.717, 1.165) is 4.88 Å². The van der Waals surface area contributed by atoms with Crippen LogP contribution >= 0.6 is 11.3 Å². The third-order valence-corrected chi connectivity index (χ3v) is 5.75. The molecule has 8 heteroatoms. The van der Waals surface area contributed by atoms with Crippen molar-refractivity contribution in [1.29, 1.82) is 0 Å². The van der Waals surface area contributed by atoms with Crippen molar-refractivity contribution in [2.24, 2.45) is 0 Å². The topological polar surface area (TPSA) is 85.1 Å². The van der Waals surface area contributed by atoms with E-state index in [-0.39, 0.29) is 4.21 Å². The largest absolute Gasteiger partial charge is 0.339 e. The molecule has 1 N–H and O–H groups in total. The number of anilines is 1. The molecule has 0 amide bonds. The second-order valence-corrected chi connectivity index (χ2v) is 7.89. The van der Waals surface area contributed by atoms with Gasteiger partial charge in [-0.2, -0.15) is 4.98 Å². The van der Waals surface area contributed by atoms with E-state index in [4.69, 9.17) is 4.52 Å². The van der Waals surface area contributed by atoms with Crippen molar-refractivity contribution < 1.29 is 12.9 Å². The molecule has 0 bridgehead atoms. The Labute approximate surface area is 131 Å². The van der Waals surface area contributed by atoms with Crippen molar-refractivity contribution in [2.75, 3.05) is 4.72 Å². The van der Waals surface area contributed by atoms with Crippen molar-refractivity contribution in [3.63, 3.8) is 0 Å². The fourth-order valence-electron chi connectivity index (χ4n) is 1.90. The molecule has 0 spiro atoms. The maximum Gasteiger partial charge on any atom is 0.271 e. The zero-order chi connectivity index (χ0) is 15.7. The monoisotopic (exact) mass is 335 g/mol. The summed E-state index contributed by atoms with van der Waals surface area (Å²) in [4.78, 5) is 5.07. The SMILES string of the molecule is Cc1nc(-c2cccc(NS(=O)(=O)c3ccc(C)s3)c2)no1. The molecule has 22 heavy (non-hydrogen) atoms. The predicted molar refractivity (Wildman–Crippen MR) is 84.3 cm³/mol. The standard InChI is InChI=1S/C14H13N3O3S2/c1-9-6-7-13(21-9)22(18,19)17-12-5-3-4-11(8-12)14-15-10(2)20-16-14/h3-8,17H,1-2H3. The van der Waals surface area contributed by atoms with Gasteiger partial charge in [0.05, 0.1) is 0 Å². The first-order valence-electron chi connectivity index (χ1n) is 6.44. The van der Waals surface area contributed by atoms with Crippen LogP contribution in [0.25, 0.3) is 11.4 Å². The molecule has 1 aromatic carbocycles. The number of aryl methyl sites for hydroxylation is 2. The molecule has 0 aliphatic carbocycles. The third-order valence-electron chi connectivity index (χ3n) is 2.88. The van der Waals surface area contributed by atoms with E-state index in [1.165, 1.54) is 11.3 Å². The Kier molecular flexibility index (Phi) is 3.71. The second kappa shape index (κ2) is 5.54. The zero-order valence-corrected chi connectivity index (χ0v) is 13.5. The van der Waals surface area contributed by atoms with Gasteiger partial charge in [-0.3, -0.25) is 4.72 Å². The molecule has 0 saturated carbocycles. The summed E-state index contributed by atoms with van der Waals surface area (Å²) in [5.41, 5.74) is 1.13. The fraction of sp³-hybridized carbons (Fsp3) is 0.143. The molecule has 3 aromatic rings. The smallest absolute Gasteiger partial charge is 0.271 e. The number of nitrogens with zero attached hydrogens (tertiary/aromatic N) is 2. The summed E-state index contributed by atoms with van der Waals surface area (Å²) in [7, 11) is -3.58. The van der Waals surface area contributed by atoms with E-state index in [2.05, 4.69) is 14.9 Å². The molecule has 0 fully saturated rings. The Morgan fingerprint density at radius 3 is 2.64 bits per heavy atom. The highest BCUT2D eigenvalue weighted by Crippen LogP contribution is 2.25. The first kappa shape index (κ1) is 14.7. The lowest BCUT2D eigenvalue weighted by atomic mass is 10.2. The number of sulfonamides is 1. The summed E-state index contributed by atoms with van der Waals surface area (Å²) in [5, 5.41) is 3.82. The molecule has 0 aliphatic heterocycles. The molecule has 0 aliphatic rings. The molecule has 2 heterocycles. The van der Waals surface area contributed by atoms with Gasteiger partial charge in [-0.15, -0.1) is 11.3 Å². The highest BCUT2D eigenvalue weighted by molar-refractivity contribution is 7.94. The van der Waals surface area contributed by atoms with E-state index >= 15 is 0 Å². The van der Waals surface area contributed by atoms with Crippen LogP contribution in [0.1, 0.15) is 10.8 Å². The number of nitrogens with one attached hydrogen (secondary N) is 1. The number of hydrogen-bond acceptors (Lipinski definition) is 6. The van der Waals surface area contributed by atoms with Crippen LogP contribution in [-0.4, -0.2) is 18.6 Å². The highest BCUT2D eigenvalue weighted by Gasteiger charge is 2.17. The Bertz CT molecular complexity index is 913. The molecular formula is C14H13N3O3S2. The van der Waals surface area contributed by atoms with Crippen molar-refractivity contribution in [2.45, 2.75) is 18.1 Å². The maximum absolute atomic E-state index is 12.3. The van der Waals surface area contributed by atoms with Crippen LogP contribution in [0, 0.1) is 13.8 Å². The number of aromatic nitrogens is 2. The number of hydrogen-bond donors (Lipinski definition) is 1. The minimum Gasteiger partial charge on any atom is -0.339 e. The Morgan fingerprint density at radius 2 is 2.00 bits per heavy atom. The summed E-state index contributed by atoms with van der Waals surface area (Å²) in [6.45, 7) is 3.56. The second-order valence-electron chi connectivity index (χ2n) is 4.69. The van der Waals surface area contributed by atoms with Crippen LogP contribution in [0.4, 0.5) is 5.69 Å². The van der Waals surface area contributed by atoms with Crippen molar-refractivity contribution in [1.82, 2.24) is 10.1 Å². The fourth-order valence-corrected chi connectivity index (χ4v) is 4.23. The maximum atomic E-state index is 12.3. The lowest BCUT2D eigenvalue weighted by Crippen LogP contribution is -2.11. The zero-order valence-electron chi connectivity index (χ0n) is 11.9. The molecule has 2 aromatic heterocycles. The summed E-state index contributed by atoms with van der Waals surface area (Å²) < 4.78 is 32.4. The third kappa shape index (κ3) is 3.02. The first-order chi connectivity index (χ1) is 10.4. The quantitative estimate of drug-likeness (QED) is 0.791. The molecular weight excluding hydrogens is 322 g/mol. The number of thiophene rings is 1. The molecule has 0 unspecified atom stereocenters. The molecule has 114 valence electrons. The van der Waals surface area contributed by atoms with Crippen LogP contribution < -0.4 is 4.72 Å². The highest BCUT2D eigenvalue weighted by atomic mass is 32.2. The molecule has 6 nitrogen and oxygen atoms in total. The summed E-state index contributed by atoms with van der Waals surface area (Å²) in [6, 6.07) is 10.2. The van der Waals surface area contributed by atoms with E-state index in [1.807, 2.05) is 6.92 Å². The van der Waals surface area contributed by atoms with E-state index < -0.39 is 10.0 Å². The number of rotatable bonds is 4. The van der Waals surface area contributed by atoms with Gasteiger partial charge >= 0.3 is 0 Å². The van der Waals surface area contributed by atoms with Gasteiger partial charge in [0.15, 0.2) is 0 Å². The van der Waals surface area contributed by atoms with Crippen molar-refractivity contribution in [3.8, 4) is 11.4 Å². The molecule has 0 radical (unpaired) electrons. The molecule has 0 saturated heterocycles. The number of benzene rings is 1. The van der Waals surface area contributed by atoms with Gasteiger partial charge in [-0.05, 0) is 31.2 Å². The van der Waals surface area contributed by atoms with Crippen LogP contribution in [0.15, 0.2) is 45.1 Å². The van der Waals surface area contributed by atoms with Crippen molar-refractivity contribution in [3.05, 3.63) is 47.2 Å². The lowest BCUT2D eigenvalue weighted by molar-refractivity contribution is 0.394. The van der Waals surface area contributed by atoms with Gasteiger partial charge in [0.1, 0.15) is 4.21 Å². The van der Waals surface area contributed by atoms with Gasteiger partial charge in [0.25, 0.3) is 10.0 Å².